The SMILES string of the molecule is CCC(C)CC(N=C(N)NC(=O)Cc1ccc(OC)c(OC)c1)C(=O)NC1CCN(C)CC1. The van der Waals surface area contributed by atoms with Gasteiger partial charge in [-0.25, -0.2) is 4.99 Å². The number of benzene rings is 1. The molecule has 0 saturated carbocycles. The Balaban J connectivity index is 2.02. The quantitative estimate of drug-likeness (QED) is 0.360. The molecule has 2 rings (SSSR count). The molecule has 2 amide bonds. The summed E-state index contributed by atoms with van der Waals surface area (Å²) in [6, 6.07) is 4.78. The van der Waals surface area contributed by atoms with E-state index in [4.69, 9.17) is 15.2 Å². The Labute approximate surface area is 197 Å². The summed E-state index contributed by atoms with van der Waals surface area (Å²) in [6.45, 7) is 6.07. The Kier molecular flexibility index (Phi) is 10.4. The van der Waals surface area contributed by atoms with Gasteiger partial charge in [-0.2, -0.15) is 0 Å². The van der Waals surface area contributed by atoms with Gasteiger partial charge in [0.05, 0.1) is 20.6 Å². The van der Waals surface area contributed by atoms with Gasteiger partial charge in [0.25, 0.3) is 0 Å². The summed E-state index contributed by atoms with van der Waals surface area (Å²) >= 11 is 0. The van der Waals surface area contributed by atoms with E-state index >= 15 is 0 Å². The fraction of sp³-hybridized carbons (Fsp3) is 0.625. The van der Waals surface area contributed by atoms with E-state index in [0.29, 0.717) is 23.8 Å². The first-order valence-corrected chi connectivity index (χ1v) is 11.6. The van der Waals surface area contributed by atoms with E-state index in [-0.39, 0.29) is 30.2 Å². The maximum atomic E-state index is 13.0. The minimum Gasteiger partial charge on any atom is -0.493 e. The average Bonchev–Trinajstić information content (AvgIpc) is 2.79. The number of ether oxygens (including phenoxy) is 2. The number of hydrogen-bond donors (Lipinski definition) is 3. The van der Waals surface area contributed by atoms with Crippen LogP contribution >= 0.6 is 0 Å². The average molecular weight is 462 g/mol. The molecular weight excluding hydrogens is 422 g/mol. The predicted octanol–water partition coefficient (Wildman–Crippen LogP) is 1.69. The van der Waals surface area contributed by atoms with Gasteiger partial charge in [0.1, 0.15) is 6.04 Å². The van der Waals surface area contributed by atoms with Gasteiger partial charge in [-0.05, 0) is 63.0 Å². The van der Waals surface area contributed by atoms with Crippen LogP contribution in [0.15, 0.2) is 23.2 Å². The number of nitrogens with one attached hydrogen (secondary N) is 2. The highest BCUT2D eigenvalue weighted by atomic mass is 16.5. The molecule has 2 atom stereocenters. The third-order valence-corrected chi connectivity index (χ3v) is 6.07. The van der Waals surface area contributed by atoms with Gasteiger partial charge in [-0.1, -0.05) is 26.3 Å². The predicted molar refractivity (Wildman–Crippen MR) is 130 cm³/mol. The van der Waals surface area contributed by atoms with Crippen molar-refractivity contribution in [1.82, 2.24) is 15.5 Å². The van der Waals surface area contributed by atoms with Crippen LogP contribution in [0.1, 0.15) is 45.1 Å². The standard InChI is InChI=1S/C24H39N5O4/c1-6-16(2)13-19(23(31)26-18-9-11-29(3)12-10-18)27-24(25)28-22(30)15-17-7-8-20(32-4)21(14-17)33-5/h7-8,14,16,18-19H,6,9-13,15H2,1-5H3,(H,26,31)(H3,25,27,28,30). The number of carbonyl (C=O) groups is 2. The van der Waals surface area contributed by atoms with Crippen molar-refractivity contribution in [3.8, 4) is 11.5 Å². The zero-order chi connectivity index (χ0) is 24.4. The van der Waals surface area contributed by atoms with Crippen molar-refractivity contribution in [3.05, 3.63) is 23.8 Å². The highest BCUT2D eigenvalue weighted by molar-refractivity contribution is 5.98. The number of methoxy groups -OCH3 is 2. The Morgan fingerprint density at radius 2 is 1.88 bits per heavy atom. The topological polar surface area (TPSA) is 118 Å². The van der Waals surface area contributed by atoms with Gasteiger partial charge >= 0.3 is 0 Å². The molecule has 1 aliphatic heterocycles. The summed E-state index contributed by atoms with van der Waals surface area (Å²) < 4.78 is 10.5. The molecular formula is C24H39N5O4. The van der Waals surface area contributed by atoms with Gasteiger partial charge in [-0.3, -0.25) is 14.9 Å². The number of likely N-dealkylation sites (tertiary alicyclic amines) is 1. The summed E-state index contributed by atoms with van der Waals surface area (Å²) in [4.78, 5) is 32.1. The van der Waals surface area contributed by atoms with Gasteiger partial charge in [-0.15, -0.1) is 0 Å². The second kappa shape index (κ2) is 13.0. The lowest BCUT2D eigenvalue weighted by Crippen LogP contribution is -2.47. The number of aliphatic imine (C=N–C) groups is 1. The smallest absolute Gasteiger partial charge is 0.245 e. The zero-order valence-corrected chi connectivity index (χ0v) is 20.5. The van der Waals surface area contributed by atoms with Crippen molar-refractivity contribution in [2.75, 3.05) is 34.4 Å². The van der Waals surface area contributed by atoms with Crippen LogP contribution in [0.2, 0.25) is 0 Å². The normalized spacial score (nSPS) is 17.2. The zero-order valence-electron chi connectivity index (χ0n) is 20.5. The van der Waals surface area contributed by atoms with Crippen molar-refractivity contribution < 1.29 is 19.1 Å². The first-order valence-electron chi connectivity index (χ1n) is 11.6. The molecule has 1 aromatic rings. The third-order valence-electron chi connectivity index (χ3n) is 6.07. The minimum atomic E-state index is -0.638. The van der Waals surface area contributed by atoms with Crippen LogP contribution in [0.3, 0.4) is 0 Å². The van der Waals surface area contributed by atoms with Crippen LogP contribution in [0.5, 0.6) is 11.5 Å². The number of hydrogen-bond acceptors (Lipinski definition) is 6. The first-order chi connectivity index (χ1) is 15.7. The van der Waals surface area contributed by atoms with Crippen LogP contribution in [0, 0.1) is 5.92 Å². The van der Waals surface area contributed by atoms with Crippen LogP contribution in [0.4, 0.5) is 0 Å². The fourth-order valence-corrected chi connectivity index (χ4v) is 3.78. The molecule has 2 unspecified atom stereocenters. The summed E-state index contributed by atoms with van der Waals surface area (Å²) in [5.74, 6) is 0.933. The molecule has 1 aromatic carbocycles. The van der Waals surface area contributed by atoms with Crippen LogP contribution in [-0.4, -0.2) is 69.1 Å². The number of piperidine rings is 1. The van der Waals surface area contributed by atoms with Gasteiger partial charge in [0.2, 0.25) is 11.8 Å². The molecule has 0 aliphatic carbocycles. The van der Waals surface area contributed by atoms with E-state index in [9.17, 15) is 9.59 Å². The summed E-state index contributed by atoms with van der Waals surface area (Å²) in [7, 11) is 5.18. The van der Waals surface area contributed by atoms with E-state index in [0.717, 1.165) is 37.9 Å². The van der Waals surface area contributed by atoms with Crippen molar-refractivity contribution in [1.29, 1.82) is 0 Å². The molecule has 0 radical (unpaired) electrons. The van der Waals surface area contributed by atoms with Crippen molar-refractivity contribution in [2.45, 2.75) is 58.0 Å². The summed E-state index contributed by atoms with van der Waals surface area (Å²) in [5.41, 5.74) is 6.77. The lowest BCUT2D eigenvalue weighted by molar-refractivity contribution is -0.124. The molecule has 1 aliphatic rings. The fourth-order valence-electron chi connectivity index (χ4n) is 3.78. The van der Waals surface area contributed by atoms with Gasteiger partial charge in [0.15, 0.2) is 17.5 Å². The first kappa shape index (κ1) is 26.4. The van der Waals surface area contributed by atoms with Crippen LogP contribution in [0.25, 0.3) is 0 Å². The van der Waals surface area contributed by atoms with Crippen LogP contribution in [-0.2, 0) is 16.0 Å². The minimum absolute atomic E-state index is 0.0488. The van der Waals surface area contributed by atoms with Crippen molar-refractivity contribution >= 4 is 17.8 Å². The number of nitrogens with two attached hydrogens (primary N) is 1. The largest absolute Gasteiger partial charge is 0.493 e. The molecule has 184 valence electrons. The third kappa shape index (κ3) is 8.57. The van der Waals surface area contributed by atoms with Crippen LogP contribution < -0.4 is 25.8 Å². The molecule has 0 aromatic heterocycles. The summed E-state index contributed by atoms with van der Waals surface area (Å²) in [5, 5.41) is 5.73. The molecule has 4 N–H and O–H groups in total. The Morgan fingerprint density at radius 1 is 1.21 bits per heavy atom. The summed E-state index contributed by atoms with van der Waals surface area (Å²) in [6.07, 6.45) is 3.42. The number of nitrogens with zero attached hydrogens (tertiary/aromatic N) is 2. The molecule has 9 nitrogen and oxygen atoms in total. The Morgan fingerprint density at radius 3 is 2.48 bits per heavy atom. The maximum Gasteiger partial charge on any atom is 0.245 e. The molecule has 1 heterocycles. The molecule has 1 fully saturated rings. The van der Waals surface area contributed by atoms with E-state index < -0.39 is 6.04 Å². The second-order valence-electron chi connectivity index (χ2n) is 8.78. The molecule has 0 bridgehead atoms. The second-order valence-corrected chi connectivity index (χ2v) is 8.78. The molecule has 1 saturated heterocycles. The number of rotatable bonds is 10. The van der Waals surface area contributed by atoms with E-state index in [2.05, 4.69) is 41.4 Å². The lowest BCUT2D eigenvalue weighted by Gasteiger charge is -2.30. The molecule has 9 heteroatoms. The van der Waals surface area contributed by atoms with E-state index in [1.54, 1.807) is 32.4 Å². The number of carbonyl (C=O) groups excluding carboxylic acids is 2. The molecule has 0 spiro atoms. The maximum absolute atomic E-state index is 13.0. The number of amides is 2. The Hall–Kier alpha value is -2.81. The lowest BCUT2D eigenvalue weighted by atomic mass is 9.98. The Bertz CT molecular complexity index is 821. The number of guanidine groups is 1. The highest BCUT2D eigenvalue weighted by Gasteiger charge is 2.25. The molecule has 33 heavy (non-hydrogen) atoms. The van der Waals surface area contributed by atoms with E-state index in [1.165, 1.54) is 0 Å². The monoisotopic (exact) mass is 461 g/mol. The van der Waals surface area contributed by atoms with Gasteiger partial charge in [0, 0.05) is 6.04 Å². The van der Waals surface area contributed by atoms with E-state index in [1.807, 2.05) is 0 Å². The van der Waals surface area contributed by atoms with Crippen molar-refractivity contribution in [2.24, 2.45) is 16.6 Å². The highest BCUT2D eigenvalue weighted by Crippen LogP contribution is 2.27. The van der Waals surface area contributed by atoms with Crippen molar-refractivity contribution in [3.63, 3.8) is 0 Å². The van der Waals surface area contributed by atoms with Gasteiger partial charge < -0.3 is 25.4 Å².